The zero-order valence-corrected chi connectivity index (χ0v) is 12.4. The number of hydrogen-bond acceptors (Lipinski definition) is 2. The number of piperidine rings is 1. The molecule has 4 nitrogen and oxygen atoms in total. The van der Waals surface area contributed by atoms with Crippen LogP contribution in [0.5, 0.6) is 0 Å². The lowest BCUT2D eigenvalue weighted by Gasteiger charge is -2.31. The van der Waals surface area contributed by atoms with Crippen LogP contribution in [0.2, 0.25) is 0 Å². The van der Waals surface area contributed by atoms with Crippen LogP contribution in [-0.4, -0.2) is 35.6 Å². The van der Waals surface area contributed by atoms with E-state index in [-0.39, 0.29) is 6.54 Å². The molecular formula is C16H25N3O. The number of aliphatic imine (C=N–C) groups is 1. The fourth-order valence-corrected chi connectivity index (χ4v) is 2.46. The molecule has 1 aromatic rings. The van der Waals surface area contributed by atoms with Gasteiger partial charge in [0.25, 0.3) is 0 Å². The van der Waals surface area contributed by atoms with E-state index in [2.05, 4.69) is 16.8 Å². The van der Waals surface area contributed by atoms with Crippen LogP contribution in [0.25, 0.3) is 0 Å². The number of nitrogens with two attached hydrogens (primary N) is 1. The van der Waals surface area contributed by atoms with Crippen molar-refractivity contribution in [1.82, 2.24) is 4.90 Å². The molecule has 1 heterocycles. The van der Waals surface area contributed by atoms with Gasteiger partial charge in [0.1, 0.15) is 5.60 Å². The Morgan fingerprint density at radius 3 is 2.55 bits per heavy atom. The summed E-state index contributed by atoms with van der Waals surface area (Å²) in [6.45, 7) is 6.26. The van der Waals surface area contributed by atoms with E-state index >= 15 is 0 Å². The zero-order valence-electron chi connectivity index (χ0n) is 12.4. The molecule has 110 valence electrons. The minimum atomic E-state index is -0.977. The Kier molecular flexibility index (Phi) is 4.65. The molecule has 2 rings (SSSR count). The summed E-state index contributed by atoms with van der Waals surface area (Å²) >= 11 is 0. The number of nitrogens with zero attached hydrogens (tertiary/aromatic N) is 2. The van der Waals surface area contributed by atoms with Gasteiger partial charge in [0.2, 0.25) is 0 Å². The summed E-state index contributed by atoms with van der Waals surface area (Å²) in [7, 11) is 0. The van der Waals surface area contributed by atoms with Crippen LogP contribution in [0.3, 0.4) is 0 Å². The van der Waals surface area contributed by atoms with Crippen LogP contribution in [0.1, 0.15) is 32.3 Å². The molecule has 20 heavy (non-hydrogen) atoms. The zero-order chi connectivity index (χ0) is 14.6. The van der Waals surface area contributed by atoms with E-state index in [1.807, 2.05) is 30.3 Å². The summed E-state index contributed by atoms with van der Waals surface area (Å²) in [5.41, 5.74) is 5.93. The smallest absolute Gasteiger partial charge is 0.191 e. The second-order valence-electron chi connectivity index (χ2n) is 5.98. The molecule has 0 aliphatic carbocycles. The van der Waals surface area contributed by atoms with Crippen LogP contribution in [-0.2, 0) is 5.60 Å². The lowest BCUT2D eigenvalue weighted by Crippen LogP contribution is -2.43. The maximum absolute atomic E-state index is 10.5. The first-order valence-corrected chi connectivity index (χ1v) is 7.32. The molecule has 1 aromatic carbocycles. The minimum absolute atomic E-state index is 0.287. The van der Waals surface area contributed by atoms with Gasteiger partial charge in [-0.25, -0.2) is 4.99 Å². The normalized spacial score (nSPS) is 20.8. The molecule has 0 aromatic heterocycles. The van der Waals surface area contributed by atoms with Gasteiger partial charge in [-0.15, -0.1) is 0 Å². The third-order valence-corrected chi connectivity index (χ3v) is 4.05. The largest absolute Gasteiger partial charge is 0.384 e. The number of guanidine groups is 1. The van der Waals surface area contributed by atoms with Gasteiger partial charge in [0.15, 0.2) is 5.96 Å². The molecule has 0 saturated carbocycles. The van der Waals surface area contributed by atoms with Gasteiger partial charge in [0, 0.05) is 13.1 Å². The lowest BCUT2D eigenvalue weighted by molar-refractivity contribution is 0.0669. The molecular weight excluding hydrogens is 250 g/mol. The number of aliphatic hydroxyl groups is 1. The van der Waals surface area contributed by atoms with Crippen molar-refractivity contribution >= 4 is 5.96 Å². The molecule has 3 N–H and O–H groups in total. The Morgan fingerprint density at radius 2 is 1.95 bits per heavy atom. The third kappa shape index (κ3) is 3.73. The Hall–Kier alpha value is -1.55. The molecule has 1 fully saturated rings. The summed E-state index contributed by atoms with van der Waals surface area (Å²) in [5, 5.41) is 10.5. The van der Waals surface area contributed by atoms with Crippen LogP contribution >= 0.6 is 0 Å². The van der Waals surface area contributed by atoms with E-state index in [0.29, 0.717) is 5.96 Å². The van der Waals surface area contributed by atoms with E-state index < -0.39 is 5.60 Å². The maximum Gasteiger partial charge on any atom is 0.191 e. The Balaban J connectivity index is 1.97. The van der Waals surface area contributed by atoms with Crippen LogP contribution in [0.15, 0.2) is 35.3 Å². The van der Waals surface area contributed by atoms with Gasteiger partial charge in [-0.1, -0.05) is 37.3 Å². The highest BCUT2D eigenvalue weighted by molar-refractivity contribution is 5.78. The van der Waals surface area contributed by atoms with Crippen molar-refractivity contribution in [1.29, 1.82) is 0 Å². The first kappa shape index (κ1) is 14.9. The van der Waals surface area contributed by atoms with Crippen molar-refractivity contribution in [2.45, 2.75) is 32.3 Å². The average molecular weight is 275 g/mol. The molecule has 0 radical (unpaired) electrons. The van der Waals surface area contributed by atoms with Gasteiger partial charge in [0.05, 0.1) is 6.54 Å². The van der Waals surface area contributed by atoms with Gasteiger partial charge in [-0.3, -0.25) is 0 Å². The fraction of sp³-hybridized carbons (Fsp3) is 0.562. The predicted octanol–water partition coefficient (Wildman–Crippen LogP) is 1.94. The number of likely N-dealkylation sites (tertiary alicyclic amines) is 1. The van der Waals surface area contributed by atoms with Crippen LogP contribution in [0.4, 0.5) is 0 Å². The number of rotatable bonds is 3. The van der Waals surface area contributed by atoms with Crippen molar-refractivity contribution < 1.29 is 5.11 Å². The Bertz CT molecular complexity index is 448. The maximum atomic E-state index is 10.5. The van der Waals surface area contributed by atoms with E-state index in [1.54, 1.807) is 6.92 Å². The van der Waals surface area contributed by atoms with Crippen LogP contribution < -0.4 is 5.73 Å². The Morgan fingerprint density at radius 1 is 1.35 bits per heavy atom. The number of hydrogen-bond donors (Lipinski definition) is 2. The first-order chi connectivity index (χ1) is 9.49. The van der Waals surface area contributed by atoms with E-state index in [0.717, 1.165) is 37.4 Å². The topological polar surface area (TPSA) is 61.8 Å². The van der Waals surface area contributed by atoms with Gasteiger partial charge >= 0.3 is 0 Å². The summed E-state index contributed by atoms with van der Waals surface area (Å²) in [6.07, 6.45) is 2.32. The predicted molar refractivity (Wildman–Crippen MR) is 82.5 cm³/mol. The van der Waals surface area contributed by atoms with Gasteiger partial charge in [-0.2, -0.15) is 0 Å². The van der Waals surface area contributed by atoms with Crippen LogP contribution in [0, 0.1) is 5.92 Å². The summed E-state index contributed by atoms with van der Waals surface area (Å²) < 4.78 is 0. The average Bonchev–Trinajstić information content (AvgIpc) is 2.46. The van der Waals surface area contributed by atoms with Crippen molar-refractivity contribution in [2.24, 2.45) is 16.6 Å². The number of benzene rings is 1. The minimum Gasteiger partial charge on any atom is -0.384 e. The van der Waals surface area contributed by atoms with Gasteiger partial charge in [-0.05, 0) is 31.2 Å². The molecule has 1 saturated heterocycles. The molecule has 4 heteroatoms. The Labute approximate surface area is 121 Å². The highest BCUT2D eigenvalue weighted by atomic mass is 16.3. The monoisotopic (exact) mass is 275 g/mol. The highest BCUT2D eigenvalue weighted by Crippen LogP contribution is 2.21. The summed E-state index contributed by atoms with van der Waals surface area (Å²) in [5.74, 6) is 1.32. The quantitative estimate of drug-likeness (QED) is 0.654. The van der Waals surface area contributed by atoms with Crippen molar-refractivity contribution in [3.8, 4) is 0 Å². The van der Waals surface area contributed by atoms with E-state index in [9.17, 15) is 5.11 Å². The fourth-order valence-electron chi connectivity index (χ4n) is 2.46. The van der Waals surface area contributed by atoms with Gasteiger partial charge < -0.3 is 15.7 Å². The standard InChI is InChI=1S/C16H25N3O/c1-13-8-10-19(11-9-13)15(17)18-12-16(2,20)14-6-4-3-5-7-14/h3-7,13,20H,8-12H2,1-2H3,(H2,17,18). The third-order valence-electron chi connectivity index (χ3n) is 4.05. The van der Waals surface area contributed by atoms with E-state index in [4.69, 9.17) is 5.73 Å². The molecule has 0 bridgehead atoms. The van der Waals surface area contributed by atoms with Crippen molar-refractivity contribution in [3.05, 3.63) is 35.9 Å². The molecule has 1 aliphatic rings. The van der Waals surface area contributed by atoms with Crippen molar-refractivity contribution in [2.75, 3.05) is 19.6 Å². The van der Waals surface area contributed by atoms with E-state index in [1.165, 1.54) is 0 Å². The SMILES string of the molecule is CC1CCN(C(N)=NCC(C)(O)c2ccccc2)CC1. The molecule has 1 aliphatic heterocycles. The molecule has 1 unspecified atom stereocenters. The molecule has 1 atom stereocenters. The first-order valence-electron chi connectivity index (χ1n) is 7.32. The molecule has 0 amide bonds. The van der Waals surface area contributed by atoms with Crippen molar-refractivity contribution in [3.63, 3.8) is 0 Å². The second kappa shape index (κ2) is 6.27. The summed E-state index contributed by atoms with van der Waals surface area (Å²) in [6, 6.07) is 9.60. The summed E-state index contributed by atoms with van der Waals surface area (Å²) in [4.78, 5) is 6.50. The lowest BCUT2D eigenvalue weighted by atomic mass is 9.96. The highest BCUT2D eigenvalue weighted by Gasteiger charge is 2.23. The second-order valence-corrected chi connectivity index (χ2v) is 5.98. The molecule has 0 spiro atoms.